The molecule has 0 fully saturated rings. The Bertz CT molecular complexity index is 516. The summed E-state index contributed by atoms with van der Waals surface area (Å²) < 4.78 is 31.7. The molecule has 1 aromatic carbocycles. The van der Waals surface area contributed by atoms with Crippen LogP contribution in [0.15, 0.2) is 34.9 Å². The Morgan fingerprint density at radius 2 is 2.00 bits per heavy atom. The lowest BCUT2D eigenvalue weighted by Crippen LogP contribution is -1.92. The Morgan fingerprint density at radius 3 is 2.65 bits per heavy atom. The SMILES string of the molecule is Fc1ccc(Oc2ncc(Cl)cc2Br)c(F)c1. The Hall–Kier alpha value is -1.20. The van der Waals surface area contributed by atoms with Gasteiger partial charge in [-0.3, -0.25) is 0 Å². The molecular weight excluding hydrogens is 315 g/mol. The number of hydrogen-bond donors (Lipinski definition) is 0. The topological polar surface area (TPSA) is 22.1 Å². The van der Waals surface area contributed by atoms with Crippen LogP contribution < -0.4 is 4.74 Å². The summed E-state index contributed by atoms with van der Waals surface area (Å²) >= 11 is 8.88. The lowest BCUT2D eigenvalue weighted by atomic mass is 10.3. The number of ether oxygens (including phenoxy) is 1. The van der Waals surface area contributed by atoms with Crippen molar-refractivity contribution in [3.05, 3.63) is 51.6 Å². The van der Waals surface area contributed by atoms with Gasteiger partial charge in [-0.15, -0.1) is 0 Å². The monoisotopic (exact) mass is 319 g/mol. The van der Waals surface area contributed by atoms with E-state index < -0.39 is 11.6 Å². The van der Waals surface area contributed by atoms with E-state index in [0.717, 1.165) is 12.1 Å². The molecule has 0 aliphatic heterocycles. The second-order valence-electron chi connectivity index (χ2n) is 3.12. The van der Waals surface area contributed by atoms with Gasteiger partial charge >= 0.3 is 0 Å². The number of hydrogen-bond acceptors (Lipinski definition) is 2. The maximum absolute atomic E-state index is 13.3. The van der Waals surface area contributed by atoms with Gasteiger partial charge in [0, 0.05) is 12.3 Å². The molecule has 0 saturated heterocycles. The van der Waals surface area contributed by atoms with Crippen molar-refractivity contribution < 1.29 is 13.5 Å². The van der Waals surface area contributed by atoms with E-state index in [9.17, 15) is 8.78 Å². The van der Waals surface area contributed by atoms with Crippen LogP contribution in [0.5, 0.6) is 11.6 Å². The lowest BCUT2D eigenvalue weighted by molar-refractivity contribution is 0.421. The van der Waals surface area contributed by atoms with Crippen molar-refractivity contribution in [1.29, 1.82) is 0 Å². The third-order valence-electron chi connectivity index (χ3n) is 1.87. The van der Waals surface area contributed by atoms with E-state index in [0.29, 0.717) is 9.50 Å². The number of benzene rings is 1. The van der Waals surface area contributed by atoms with Gasteiger partial charge in [0.1, 0.15) is 5.82 Å². The molecule has 0 radical (unpaired) electrons. The first-order chi connectivity index (χ1) is 8.06. The van der Waals surface area contributed by atoms with Gasteiger partial charge in [-0.1, -0.05) is 11.6 Å². The maximum Gasteiger partial charge on any atom is 0.233 e. The molecule has 88 valence electrons. The largest absolute Gasteiger partial charge is 0.435 e. The molecule has 0 spiro atoms. The zero-order valence-electron chi connectivity index (χ0n) is 8.25. The highest BCUT2D eigenvalue weighted by atomic mass is 79.9. The first-order valence-electron chi connectivity index (χ1n) is 4.50. The van der Waals surface area contributed by atoms with Crippen LogP contribution in [0.2, 0.25) is 5.02 Å². The minimum atomic E-state index is -0.798. The summed E-state index contributed by atoms with van der Waals surface area (Å²) in [5.74, 6) is -1.42. The predicted molar refractivity (Wildman–Crippen MR) is 63.4 cm³/mol. The van der Waals surface area contributed by atoms with E-state index in [1.54, 1.807) is 6.07 Å². The van der Waals surface area contributed by atoms with Gasteiger partial charge < -0.3 is 4.74 Å². The summed E-state index contributed by atoms with van der Waals surface area (Å²) in [5.41, 5.74) is 0. The van der Waals surface area contributed by atoms with Gasteiger partial charge in [0.15, 0.2) is 11.6 Å². The molecule has 2 rings (SSSR count). The van der Waals surface area contributed by atoms with Crippen molar-refractivity contribution in [2.75, 3.05) is 0 Å². The second-order valence-corrected chi connectivity index (χ2v) is 4.41. The molecule has 0 aliphatic rings. The molecule has 2 nitrogen and oxygen atoms in total. The van der Waals surface area contributed by atoms with E-state index in [2.05, 4.69) is 20.9 Å². The smallest absolute Gasteiger partial charge is 0.233 e. The van der Waals surface area contributed by atoms with Crippen molar-refractivity contribution in [2.24, 2.45) is 0 Å². The number of halogens is 4. The molecule has 0 amide bonds. The summed E-state index contributed by atoms with van der Waals surface area (Å²) in [6.45, 7) is 0. The van der Waals surface area contributed by atoms with Gasteiger partial charge in [-0.25, -0.2) is 13.8 Å². The van der Waals surface area contributed by atoms with E-state index in [1.165, 1.54) is 12.3 Å². The molecule has 0 atom stereocenters. The van der Waals surface area contributed by atoms with Crippen molar-refractivity contribution in [2.45, 2.75) is 0 Å². The predicted octanol–water partition coefficient (Wildman–Crippen LogP) is 4.57. The summed E-state index contributed by atoms with van der Waals surface area (Å²) in [7, 11) is 0. The van der Waals surface area contributed by atoms with Crippen LogP contribution in [0.1, 0.15) is 0 Å². The van der Waals surface area contributed by atoms with Gasteiger partial charge in [-0.05, 0) is 34.1 Å². The minimum absolute atomic E-state index is 0.109. The summed E-state index contributed by atoms with van der Waals surface area (Å²) in [6, 6.07) is 4.58. The first-order valence-corrected chi connectivity index (χ1v) is 5.67. The van der Waals surface area contributed by atoms with Gasteiger partial charge in [0.2, 0.25) is 5.88 Å². The normalized spacial score (nSPS) is 10.4. The fraction of sp³-hybridized carbons (Fsp3) is 0. The Morgan fingerprint density at radius 1 is 1.24 bits per heavy atom. The van der Waals surface area contributed by atoms with Crippen molar-refractivity contribution in [3.8, 4) is 11.6 Å². The molecule has 0 aliphatic carbocycles. The highest BCUT2D eigenvalue weighted by molar-refractivity contribution is 9.10. The minimum Gasteiger partial charge on any atom is -0.435 e. The molecule has 17 heavy (non-hydrogen) atoms. The van der Waals surface area contributed by atoms with E-state index in [-0.39, 0.29) is 11.6 Å². The molecule has 6 heteroatoms. The van der Waals surface area contributed by atoms with Gasteiger partial charge in [0.05, 0.1) is 9.50 Å². The molecule has 1 aromatic heterocycles. The average molecular weight is 321 g/mol. The first kappa shape index (κ1) is 12.3. The van der Waals surface area contributed by atoms with Crippen LogP contribution in [0, 0.1) is 11.6 Å². The van der Waals surface area contributed by atoms with Gasteiger partial charge in [0.25, 0.3) is 0 Å². The molecule has 0 bridgehead atoms. The highest BCUT2D eigenvalue weighted by Gasteiger charge is 2.09. The number of rotatable bonds is 2. The van der Waals surface area contributed by atoms with Crippen LogP contribution in [0.3, 0.4) is 0 Å². The molecule has 0 unspecified atom stereocenters. The summed E-state index contributed by atoms with van der Waals surface area (Å²) in [5, 5.41) is 0.420. The van der Waals surface area contributed by atoms with Crippen LogP contribution in [-0.4, -0.2) is 4.98 Å². The summed E-state index contributed by atoms with van der Waals surface area (Å²) in [4.78, 5) is 3.88. The Labute approximate surface area is 109 Å². The second kappa shape index (κ2) is 4.98. The Balaban J connectivity index is 2.31. The van der Waals surface area contributed by atoms with Gasteiger partial charge in [-0.2, -0.15) is 0 Å². The number of pyridine rings is 1. The summed E-state index contributed by atoms with van der Waals surface area (Å²) in [6.07, 6.45) is 1.36. The van der Waals surface area contributed by atoms with E-state index in [4.69, 9.17) is 16.3 Å². The molecule has 2 aromatic rings. The van der Waals surface area contributed by atoms with E-state index in [1.807, 2.05) is 0 Å². The number of nitrogens with zero attached hydrogens (tertiary/aromatic N) is 1. The van der Waals surface area contributed by atoms with Crippen LogP contribution in [0.4, 0.5) is 8.78 Å². The van der Waals surface area contributed by atoms with Crippen molar-refractivity contribution in [1.82, 2.24) is 4.98 Å². The van der Waals surface area contributed by atoms with Crippen molar-refractivity contribution >= 4 is 27.5 Å². The van der Waals surface area contributed by atoms with Crippen LogP contribution in [0.25, 0.3) is 0 Å². The average Bonchev–Trinajstić information content (AvgIpc) is 2.25. The highest BCUT2D eigenvalue weighted by Crippen LogP contribution is 2.30. The standard InChI is InChI=1S/C11H5BrClF2NO/c12-8-3-6(13)5-16-11(8)17-10-2-1-7(14)4-9(10)15/h1-5H. The molecule has 0 N–H and O–H groups in total. The molecule has 0 saturated carbocycles. The fourth-order valence-corrected chi connectivity index (χ4v) is 1.86. The van der Waals surface area contributed by atoms with Crippen LogP contribution in [-0.2, 0) is 0 Å². The zero-order chi connectivity index (χ0) is 12.4. The van der Waals surface area contributed by atoms with Crippen LogP contribution >= 0.6 is 27.5 Å². The maximum atomic E-state index is 13.3. The lowest BCUT2D eigenvalue weighted by Gasteiger charge is -2.07. The molecular formula is C11H5BrClF2NO. The van der Waals surface area contributed by atoms with Crippen molar-refractivity contribution in [3.63, 3.8) is 0 Å². The molecule has 1 heterocycles. The van der Waals surface area contributed by atoms with E-state index >= 15 is 0 Å². The Kier molecular flexibility index (Phi) is 3.59. The number of aromatic nitrogens is 1. The quantitative estimate of drug-likeness (QED) is 0.809. The third kappa shape index (κ3) is 2.92. The third-order valence-corrected chi connectivity index (χ3v) is 2.65. The fourth-order valence-electron chi connectivity index (χ4n) is 1.14. The zero-order valence-corrected chi connectivity index (χ0v) is 10.6.